The molecule has 0 aromatic carbocycles. The Balaban J connectivity index is 2.78. The zero-order chi connectivity index (χ0) is 13.8. The average Bonchev–Trinajstić information content (AvgIpc) is 2.68. The first-order valence-corrected chi connectivity index (χ1v) is 9.16. The van der Waals surface area contributed by atoms with Crippen molar-refractivity contribution in [1.82, 2.24) is 5.32 Å². The molecule has 0 saturated carbocycles. The zero-order valence-corrected chi connectivity index (χ0v) is 13.3. The Labute approximate surface area is 118 Å². The van der Waals surface area contributed by atoms with E-state index in [4.69, 9.17) is 11.6 Å². The molecule has 0 bridgehead atoms. The van der Waals surface area contributed by atoms with Gasteiger partial charge in [-0.2, -0.15) is 0 Å². The summed E-state index contributed by atoms with van der Waals surface area (Å²) in [5.41, 5.74) is 0. The second-order valence-electron chi connectivity index (χ2n) is 4.51. The third-order valence-corrected chi connectivity index (χ3v) is 5.88. The summed E-state index contributed by atoms with van der Waals surface area (Å²) >= 11 is 7.41. The second-order valence-corrected chi connectivity index (χ2v) is 8.71. The summed E-state index contributed by atoms with van der Waals surface area (Å²) in [5.74, 6) is 0. The normalized spacial score (nSPS) is 15.6. The van der Waals surface area contributed by atoms with Crippen molar-refractivity contribution in [3.8, 4) is 0 Å². The molecule has 0 fully saturated rings. The van der Waals surface area contributed by atoms with Gasteiger partial charge in [-0.05, 0) is 38.4 Å². The van der Waals surface area contributed by atoms with Gasteiger partial charge in [-0.3, -0.25) is 0 Å². The number of halogens is 1. The molecule has 104 valence electrons. The third-order valence-electron chi connectivity index (χ3n) is 2.95. The molecule has 1 rings (SSSR count). The van der Waals surface area contributed by atoms with E-state index >= 15 is 0 Å². The first kappa shape index (κ1) is 16.0. The van der Waals surface area contributed by atoms with Gasteiger partial charge < -0.3 is 5.32 Å². The van der Waals surface area contributed by atoms with Crippen LogP contribution in [0, 0.1) is 0 Å². The van der Waals surface area contributed by atoms with Crippen molar-refractivity contribution in [3.05, 3.63) is 21.3 Å². The van der Waals surface area contributed by atoms with Crippen LogP contribution in [-0.2, 0) is 16.3 Å². The molecule has 1 heterocycles. The summed E-state index contributed by atoms with van der Waals surface area (Å²) in [6.45, 7) is 4.65. The fraction of sp³-hybridized carbons (Fsp3) is 0.667. The smallest absolute Gasteiger partial charge is 0.151 e. The SMILES string of the molecule is CCCNC(Cc1ccc(Cl)s1)C(C)S(C)(=O)=O. The maximum Gasteiger partial charge on any atom is 0.151 e. The molecule has 0 radical (unpaired) electrons. The van der Waals surface area contributed by atoms with Crippen LogP contribution < -0.4 is 5.32 Å². The van der Waals surface area contributed by atoms with Gasteiger partial charge in [0.15, 0.2) is 9.84 Å². The van der Waals surface area contributed by atoms with E-state index < -0.39 is 15.1 Å². The predicted molar refractivity (Wildman–Crippen MR) is 79.4 cm³/mol. The Hall–Kier alpha value is -0.100. The Morgan fingerprint density at radius 1 is 1.44 bits per heavy atom. The van der Waals surface area contributed by atoms with E-state index in [1.807, 2.05) is 12.1 Å². The maximum atomic E-state index is 11.7. The number of hydrogen-bond acceptors (Lipinski definition) is 4. The lowest BCUT2D eigenvalue weighted by atomic mass is 10.1. The van der Waals surface area contributed by atoms with Gasteiger partial charge in [0.1, 0.15) is 0 Å². The number of thiophene rings is 1. The highest BCUT2D eigenvalue weighted by Crippen LogP contribution is 2.23. The quantitative estimate of drug-likeness (QED) is 0.842. The minimum atomic E-state index is -3.04. The van der Waals surface area contributed by atoms with E-state index in [1.54, 1.807) is 6.92 Å². The van der Waals surface area contributed by atoms with E-state index in [2.05, 4.69) is 12.2 Å². The molecule has 2 unspecified atom stereocenters. The first-order chi connectivity index (χ1) is 8.34. The monoisotopic (exact) mass is 309 g/mol. The highest BCUT2D eigenvalue weighted by atomic mass is 35.5. The molecule has 1 N–H and O–H groups in total. The summed E-state index contributed by atoms with van der Waals surface area (Å²) in [5, 5.41) is 2.92. The molecule has 0 aliphatic rings. The van der Waals surface area contributed by atoms with Crippen LogP contribution in [0.4, 0.5) is 0 Å². The Morgan fingerprint density at radius 2 is 2.11 bits per heavy atom. The molecular formula is C12H20ClNO2S2. The van der Waals surface area contributed by atoms with Crippen molar-refractivity contribution in [1.29, 1.82) is 0 Å². The van der Waals surface area contributed by atoms with Crippen molar-refractivity contribution in [2.75, 3.05) is 12.8 Å². The fourth-order valence-corrected chi connectivity index (χ4v) is 3.65. The van der Waals surface area contributed by atoms with Crippen LogP contribution in [0.15, 0.2) is 12.1 Å². The van der Waals surface area contributed by atoms with Gasteiger partial charge in [-0.15, -0.1) is 11.3 Å². The minimum absolute atomic E-state index is 0.0605. The number of sulfone groups is 1. The first-order valence-electron chi connectivity index (χ1n) is 6.01. The molecule has 0 saturated heterocycles. The van der Waals surface area contributed by atoms with Crippen molar-refractivity contribution in [2.45, 2.75) is 38.0 Å². The molecule has 1 aromatic rings. The average molecular weight is 310 g/mol. The van der Waals surface area contributed by atoms with Crippen LogP contribution in [0.2, 0.25) is 4.34 Å². The Bertz CT molecular complexity index is 470. The third kappa shape index (κ3) is 4.88. The van der Waals surface area contributed by atoms with E-state index in [0.717, 1.165) is 22.2 Å². The molecule has 6 heteroatoms. The van der Waals surface area contributed by atoms with Gasteiger partial charge in [-0.1, -0.05) is 18.5 Å². The van der Waals surface area contributed by atoms with Crippen molar-refractivity contribution < 1.29 is 8.42 Å². The Kier molecular flexibility index (Phi) is 6.11. The van der Waals surface area contributed by atoms with Crippen molar-refractivity contribution in [2.24, 2.45) is 0 Å². The summed E-state index contributed by atoms with van der Waals surface area (Å²) in [7, 11) is -3.04. The van der Waals surface area contributed by atoms with Crippen LogP contribution in [0.3, 0.4) is 0 Å². The summed E-state index contributed by atoms with van der Waals surface area (Å²) < 4.78 is 24.1. The lowest BCUT2D eigenvalue weighted by Gasteiger charge is -2.23. The molecule has 0 aliphatic heterocycles. The molecular weight excluding hydrogens is 290 g/mol. The molecule has 0 aliphatic carbocycles. The van der Waals surface area contributed by atoms with Gasteiger partial charge >= 0.3 is 0 Å². The van der Waals surface area contributed by atoms with Gasteiger partial charge in [0.25, 0.3) is 0 Å². The van der Waals surface area contributed by atoms with Crippen molar-refractivity contribution >= 4 is 32.8 Å². The van der Waals surface area contributed by atoms with Crippen molar-refractivity contribution in [3.63, 3.8) is 0 Å². The zero-order valence-electron chi connectivity index (χ0n) is 10.9. The lowest BCUT2D eigenvalue weighted by molar-refractivity contribution is 0.484. The van der Waals surface area contributed by atoms with Gasteiger partial charge in [-0.25, -0.2) is 8.42 Å². The molecule has 0 spiro atoms. The Morgan fingerprint density at radius 3 is 2.56 bits per heavy atom. The maximum absolute atomic E-state index is 11.7. The van der Waals surface area contributed by atoms with Crippen LogP contribution in [0.1, 0.15) is 25.1 Å². The molecule has 0 amide bonds. The number of nitrogens with one attached hydrogen (secondary N) is 1. The molecule has 1 aromatic heterocycles. The largest absolute Gasteiger partial charge is 0.312 e. The molecule has 3 nitrogen and oxygen atoms in total. The van der Waals surface area contributed by atoms with Crippen LogP contribution in [0.5, 0.6) is 0 Å². The highest BCUT2D eigenvalue weighted by molar-refractivity contribution is 7.91. The van der Waals surface area contributed by atoms with Gasteiger partial charge in [0, 0.05) is 17.2 Å². The minimum Gasteiger partial charge on any atom is -0.312 e. The lowest BCUT2D eigenvalue weighted by Crippen LogP contribution is -2.44. The summed E-state index contributed by atoms with van der Waals surface area (Å²) in [6.07, 6.45) is 2.98. The fourth-order valence-electron chi connectivity index (χ4n) is 1.71. The van der Waals surface area contributed by atoms with Gasteiger partial charge in [0.05, 0.1) is 9.59 Å². The molecule has 18 heavy (non-hydrogen) atoms. The van der Waals surface area contributed by atoms with E-state index in [1.165, 1.54) is 17.6 Å². The predicted octanol–water partition coefficient (Wildman–Crippen LogP) is 2.75. The second kappa shape index (κ2) is 6.89. The topological polar surface area (TPSA) is 46.2 Å². The van der Waals surface area contributed by atoms with Crippen LogP contribution >= 0.6 is 22.9 Å². The van der Waals surface area contributed by atoms with E-state index in [0.29, 0.717) is 6.42 Å². The molecule has 2 atom stereocenters. The summed E-state index contributed by atoms with van der Waals surface area (Å²) in [6, 6.07) is 3.75. The summed E-state index contributed by atoms with van der Waals surface area (Å²) in [4.78, 5) is 1.11. The van der Waals surface area contributed by atoms with E-state index in [-0.39, 0.29) is 6.04 Å². The van der Waals surface area contributed by atoms with Crippen LogP contribution in [-0.4, -0.2) is 32.5 Å². The highest BCUT2D eigenvalue weighted by Gasteiger charge is 2.25. The number of rotatable bonds is 7. The van der Waals surface area contributed by atoms with Gasteiger partial charge in [0.2, 0.25) is 0 Å². The van der Waals surface area contributed by atoms with E-state index in [9.17, 15) is 8.42 Å². The number of hydrogen-bond donors (Lipinski definition) is 1. The standard InChI is InChI=1S/C12H20ClNO2S2/c1-4-7-14-11(9(2)18(3,15)16)8-10-5-6-12(13)17-10/h5-6,9,11,14H,4,7-8H2,1-3H3. The van der Waals surface area contributed by atoms with Crippen LogP contribution in [0.25, 0.3) is 0 Å².